The van der Waals surface area contributed by atoms with E-state index in [9.17, 15) is 0 Å². The Kier molecular flexibility index (Phi) is 2.65. The van der Waals surface area contributed by atoms with E-state index in [-0.39, 0.29) is 0 Å². The molecule has 0 N–H and O–H groups in total. The lowest BCUT2D eigenvalue weighted by Crippen LogP contribution is -2.38. The van der Waals surface area contributed by atoms with Crippen LogP contribution in [0.25, 0.3) is 0 Å². The van der Waals surface area contributed by atoms with Gasteiger partial charge in [0, 0.05) is 5.41 Å². The van der Waals surface area contributed by atoms with Gasteiger partial charge in [0.05, 0.1) is 0 Å². The van der Waals surface area contributed by atoms with Crippen molar-refractivity contribution in [2.75, 3.05) is 0 Å². The van der Waals surface area contributed by atoms with E-state index in [1.165, 1.54) is 31.2 Å². The largest absolute Gasteiger partial charge is 0.490 e. The molecule has 92 valence electrons. The summed E-state index contributed by atoms with van der Waals surface area (Å²) in [5.74, 6) is 1.79. The molecule has 1 unspecified atom stereocenters. The van der Waals surface area contributed by atoms with Crippen LogP contribution < -0.4 is 4.74 Å². The number of rotatable bonds is 4. The summed E-state index contributed by atoms with van der Waals surface area (Å²) >= 11 is 0. The van der Waals surface area contributed by atoms with Crippen LogP contribution in [0, 0.1) is 11.3 Å². The lowest BCUT2D eigenvalue weighted by Gasteiger charge is -2.37. The van der Waals surface area contributed by atoms with Crippen LogP contribution in [-0.4, -0.2) is 6.10 Å². The van der Waals surface area contributed by atoms with Crippen LogP contribution in [0.3, 0.4) is 0 Å². The van der Waals surface area contributed by atoms with Crippen LogP contribution in [0.15, 0.2) is 24.3 Å². The zero-order chi connectivity index (χ0) is 11.9. The van der Waals surface area contributed by atoms with E-state index in [0.717, 1.165) is 18.1 Å². The summed E-state index contributed by atoms with van der Waals surface area (Å²) in [5.41, 5.74) is 2.03. The van der Waals surface area contributed by atoms with Crippen molar-refractivity contribution in [2.45, 2.75) is 52.1 Å². The first-order valence-electron chi connectivity index (χ1n) is 6.94. The molecule has 2 aliphatic carbocycles. The van der Waals surface area contributed by atoms with Gasteiger partial charge in [0.1, 0.15) is 11.9 Å². The highest BCUT2D eigenvalue weighted by molar-refractivity contribution is 5.28. The third kappa shape index (κ3) is 2.20. The van der Waals surface area contributed by atoms with Crippen LogP contribution in [0.4, 0.5) is 0 Å². The lowest BCUT2D eigenvalue weighted by atomic mass is 9.78. The number of ether oxygens (including phenoxy) is 1. The SMILES string of the molecule is CC(C)Cc1ccc(OC2CCC23CC3)cc1. The maximum atomic E-state index is 6.09. The zero-order valence-electron chi connectivity index (χ0n) is 10.9. The molecule has 1 heteroatoms. The van der Waals surface area contributed by atoms with E-state index in [2.05, 4.69) is 38.1 Å². The topological polar surface area (TPSA) is 9.23 Å². The van der Waals surface area contributed by atoms with E-state index in [4.69, 9.17) is 4.74 Å². The molecule has 0 bridgehead atoms. The van der Waals surface area contributed by atoms with E-state index >= 15 is 0 Å². The summed E-state index contributed by atoms with van der Waals surface area (Å²) in [6, 6.07) is 8.72. The molecule has 17 heavy (non-hydrogen) atoms. The summed E-state index contributed by atoms with van der Waals surface area (Å²) in [4.78, 5) is 0. The van der Waals surface area contributed by atoms with Gasteiger partial charge in [0.2, 0.25) is 0 Å². The molecule has 1 aromatic rings. The van der Waals surface area contributed by atoms with Crippen LogP contribution in [-0.2, 0) is 6.42 Å². The summed E-state index contributed by atoms with van der Waals surface area (Å²) in [6.45, 7) is 4.52. The van der Waals surface area contributed by atoms with Crippen molar-refractivity contribution >= 4 is 0 Å². The first-order chi connectivity index (χ1) is 8.18. The Morgan fingerprint density at radius 2 is 1.88 bits per heavy atom. The highest BCUT2D eigenvalue weighted by Crippen LogP contribution is 2.61. The third-order valence-electron chi connectivity index (χ3n) is 4.33. The Morgan fingerprint density at radius 3 is 2.35 bits per heavy atom. The average Bonchev–Trinajstić information content (AvgIpc) is 3.08. The lowest BCUT2D eigenvalue weighted by molar-refractivity contribution is 0.0282. The van der Waals surface area contributed by atoms with Crippen molar-refractivity contribution in [3.05, 3.63) is 29.8 Å². The van der Waals surface area contributed by atoms with Gasteiger partial charge in [-0.1, -0.05) is 26.0 Å². The van der Waals surface area contributed by atoms with Crippen molar-refractivity contribution in [3.63, 3.8) is 0 Å². The molecule has 1 spiro atoms. The molecule has 3 rings (SSSR count). The second kappa shape index (κ2) is 4.04. The van der Waals surface area contributed by atoms with Gasteiger partial charge in [0.25, 0.3) is 0 Å². The summed E-state index contributed by atoms with van der Waals surface area (Å²) in [6.07, 6.45) is 7.11. The Labute approximate surface area is 104 Å². The molecule has 0 aromatic heterocycles. The van der Waals surface area contributed by atoms with Crippen LogP contribution in [0.2, 0.25) is 0 Å². The highest BCUT2D eigenvalue weighted by atomic mass is 16.5. The fourth-order valence-corrected chi connectivity index (χ4v) is 2.93. The number of hydrogen-bond acceptors (Lipinski definition) is 1. The minimum atomic E-state index is 0.512. The van der Waals surface area contributed by atoms with Gasteiger partial charge in [-0.25, -0.2) is 0 Å². The van der Waals surface area contributed by atoms with Gasteiger partial charge in [-0.15, -0.1) is 0 Å². The minimum absolute atomic E-state index is 0.512. The van der Waals surface area contributed by atoms with Gasteiger partial charge < -0.3 is 4.74 Å². The molecular weight excluding hydrogens is 208 g/mol. The molecule has 0 radical (unpaired) electrons. The Balaban J connectivity index is 1.60. The quantitative estimate of drug-likeness (QED) is 0.753. The molecule has 2 saturated carbocycles. The average molecular weight is 230 g/mol. The Morgan fingerprint density at radius 1 is 1.18 bits per heavy atom. The molecule has 1 nitrogen and oxygen atoms in total. The van der Waals surface area contributed by atoms with Gasteiger partial charge in [-0.3, -0.25) is 0 Å². The third-order valence-corrected chi connectivity index (χ3v) is 4.33. The fourth-order valence-electron chi connectivity index (χ4n) is 2.93. The first kappa shape index (κ1) is 11.1. The zero-order valence-corrected chi connectivity index (χ0v) is 10.9. The van der Waals surface area contributed by atoms with E-state index < -0.39 is 0 Å². The summed E-state index contributed by atoms with van der Waals surface area (Å²) in [5, 5.41) is 0. The van der Waals surface area contributed by atoms with Crippen molar-refractivity contribution in [2.24, 2.45) is 11.3 Å². The maximum Gasteiger partial charge on any atom is 0.119 e. The predicted molar refractivity (Wildman–Crippen MR) is 70.3 cm³/mol. The second-order valence-electron chi connectivity index (χ2n) is 6.25. The molecule has 1 atom stereocenters. The molecule has 0 amide bonds. The van der Waals surface area contributed by atoms with Crippen LogP contribution >= 0.6 is 0 Å². The van der Waals surface area contributed by atoms with Gasteiger partial charge in [-0.05, 0) is 55.7 Å². The monoisotopic (exact) mass is 230 g/mol. The van der Waals surface area contributed by atoms with Crippen molar-refractivity contribution in [1.82, 2.24) is 0 Å². The molecular formula is C16H22O. The van der Waals surface area contributed by atoms with Crippen molar-refractivity contribution in [1.29, 1.82) is 0 Å². The van der Waals surface area contributed by atoms with E-state index in [1.54, 1.807) is 0 Å². The highest BCUT2D eigenvalue weighted by Gasteiger charge is 2.57. The van der Waals surface area contributed by atoms with Crippen molar-refractivity contribution in [3.8, 4) is 5.75 Å². The smallest absolute Gasteiger partial charge is 0.119 e. The van der Waals surface area contributed by atoms with Gasteiger partial charge in [0.15, 0.2) is 0 Å². The van der Waals surface area contributed by atoms with Crippen molar-refractivity contribution < 1.29 is 4.74 Å². The standard InChI is InChI=1S/C16H22O/c1-12(2)11-13-3-5-14(6-4-13)17-15-7-8-16(15)9-10-16/h3-6,12,15H,7-11H2,1-2H3. The fraction of sp³-hybridized carbons (Fsp3) is 0.625. The molecule has 2 fully saturated rings. The van der Waals surface area contributed by atoms with Gasteiger partial charge >= 0.3 is 0 Å². The van der Waals surface area contributed by atoms with E-state index in [0.29, 0.717) is 11.5 Å². The normalized spacial score (nSPS) is 24.8. The number of hydrogen-bond donors (Lipinski definition) is 0. The molecule has 0 heterocycles. The molecule has 1 aromatic carbocycles. The molecule has 0 aliphatic heterocycles. The first-order valence-corrected chi connectivity index (χ1v) is 6.94. The maximum absolute atomic E-state index is 6.09. The number of benzene rings is 1. The Bertz CT molecular complexity index is 386. The Hall–Kier alpha value is -0.980. The summed E-state index contributed by atoms with van der Waals surface area (Å²) in [7, 11) is 0. The molecule has 2 aliphatic rings. The summed E-state index contributed by atoms with van der Waals surface area (Å²) < 4.78 is 6.09. The second-order valence-corrected chi connectivity index (χ2v) is 6.25. The minimum Gasteiger partial charge on any atom is -0.490 e. The van der Waals surface area contributed by atoms with E-state index in [1.807, 2.05) is 0 Å². The van der Waals surface area contributed by atoms with Gasteiger partial charge in [-0.2, -0.15) is 0 Å². The van der Waals surface area contributed by atoms with Crippen LogP contribution in [0.5, 0.6) is 5.75 Å². The molecule has 0 saturated heterocycles. The predicted octanol–water partition coefficient (Wildman–Crippen LogP) is 4.21. The van der Waals surface area contributed by atoms with Crippen LogP contribution in [0.1, 0.15) is 45.1 Å².